The molecule has 1 heterocycles. The summed E-state index contributed by atoms with van der Waals surface area (Å²) in [7, 11) is 5.05. The molecule has 6 aliphatic rings. The topological polar surface area (TPSA) is 127 Å². The maximum Gasteiger partial charge on any atom is 0.340 e. The summed E-state index contributed by atoms with van der Waals surface area (Å²) in [6.45, 7) is 4.79. The minimum Gasteiger partial charge on any atom is -0.454 e. The predicted molar refractivity (Wildman–Crippen MR) is 152 cm³/mol. The monoisotopic (exact) mass is 584 g/mol. The third kappa shape index (κ3) is 3.21. The quantitative estimate of drug-likeness (QED) is 0.414. The van der Waals surface area contributed by atoms with E-state index >= 15 is 0 Å². The number of para-hydroxylation sites is 1. The number of methoxy groups -OCH3 is 3. The van der Waals surface area contributed by atoms with Crippen LogP contribution < -0.4 is 5.32 Å². The number of likely N-dealkylation sites (N-methyl/N-ethyl adjacent to an activating group) is 1. The van der Waals surface area contributed by atoms with Crippen LogP contribution in [0.5, 0.6) is 0 Å². The van der Waals surface area contributed by atoms with Gasteiger partial charge < -0.3 is 34.5 Å². The fraction of sp³-hybridized carbons (Fsp3) is 0.750. The fourth-order valence-electron chi connectivity index (χ4n) is 11.6. The van der Waals surface area contributed by atoms with Crippen molar-refractivity contribution in [1.29, 1.82) is 0 Å². The number of aliphatic hydroxyl groups is 2. The zero-order valence-electron chi connectivity index (χ0n) is 25.2. The van der Waals surface area contributed by atoms with Gasteiger partial charge in [-0.1, -0.05) is 19.1 Å². The van der Waals surface area contributed by atoms with E-state index in [1.54, 1.807) is 45.6 Å². The Hall–Kier alpha value is -2.08. The highest BCUT2D eigenvalue weighted by Crippen LogP contribution is 2.79. The van der Waals surface area contributed by atoms with Crippen molar-refractivity contribution in [2.75, 3.05) is 39.7 Å². The van der Waals surface area contributed by atoms with Crippen molar-refractivity contribution in [2.45, 2.75) is 87.1 Å². The highest BCUT2D eigenvalue weighted by atomic mass is 16.6. The lowest BCUT2D eigenvalue weighted by molar-refractivity contribution is -0.337. The van der Waals surface area contributed by atoms with Gasteiger partial charge in [0.05, 0.1) is 29.6 Å². The number of rotatable bonds is 7. The first kappa shape index (κ1) is 28.7. The Balaban J connectivity index is 1.38. The van der Waals surface area contributed by atoms with E-state index in [1.165, 1.54) is 6.92 Å². The number of ether oxygens (including phenoxy) is 4. The van der Waals surface area contributed by atoms with Gasteiger partial charge in [0.15, 0.2) is 0 Å². The number of piperidine rings is 1. The lowest BCUT2D eigenvalue weighted by Gasteiger charge is -2.70. The van der Waals surface area contributed by atoms with Crippen LogP contribution in [-0.4, -0.2) is 103 Å². The highest BCUT2D eigenvalue weighted by molar-refractivity contribution is 6.00. The molecule has 7 rings (SSSR count). The van der Waals surface area contributed by atoms with E-state index in [2.05, 4.69) is 17.1 Å². The summed E-state index contributed by atoms with van der Waals surface area (Å²) in [4.78, 5) is 28.3. The molecule has 1 aromatic rings. The van der Waals surface area contributed by atoms with Crippen LogP contribution in [0, 0.1) is 29.1 Å². The molecular weight excluding hydrogens is 540 g/mol. The molecule has 5 aliphatic carbocycles. The predicted octanol–water partition coefficient (Wildman–Crippen LogP) is 2.22. The third-order valence-electron chi connectivity index (χ3n) is 12.6. The number of esters is 1. The number of carbonyl (C=O) groups excluding carboxylic acids is 2. The molecule has 7 bridgehead atoms. The largest absolute Gasteiger partial charge is 0.454 e. The fourth-order valence-corrected chi connectivity index (χ4v) is 11.6. The molecule has 10 heteroatoms. The van der Waals surface area contributed by atoms with E-state index in [1.807, 2.05) is 0 Å². The number of carbonyl (C=O) groups is 2. The van der Waals surface area contributed by atoms with E-state index in [4.69, 9.17) is 18.9 Å². The van der Waals surface area contributed by atoms with Crippen LogP contribution in [0.1, 0.15) is 56.3 Å². The molecule has 12 atom stereocenters. The average molecular weight is 585 g/mol. The van der Waals surface area contributed by atoms with Crippen LogP contribution in [0.4, 0.5) is 5.69 Å². The van der Waals surface area contributed by atoms with E-state index in [0.29, 0.717) is 56.4 Å². The zero-order valence-corrected chi connectivity index (χ0v) is 25.2. The molecule has 6 fully saturated rings. The van der Waals surface area contributed by atoms with Crippen molar-refractivity contribution in [3.8, 4) is 0 Å². The first-order chi connectivity index (χ1) is 20.1. The Morgan fingerprint density at radius 2 is 1.83 bits per heavy atom. The molecular formula is C32H44N2O8. The lowest BCUT2D eigenvalue weighted by atomic mass is 9.44. The van der Waals surface area contributed by atoms with Crippen LogP contribution in [0.2, 0.25) is 0 Å². The van der Waals surface area contributed by atoms with Crippen molar-refractivity contribution in [3.63, 3.8) is 0 Å². The second-order valence-electron chi connectivity index (χ2n) is 13.7. The molecule has 3 N–H and O–H groups in total. The van der Waals surface area contributed by atoms with Crippen molar-refractivity contribution in [3.05, 3.63) is 29.8 Å². The van der Waals surface area contributed by atoms with Gasteiger partial charge in [0.1, 0.15) is 16.8 Å². The summed E-state index contributed by atoms with van der Waals surface area (Å²) < 4.78 is 25.1. The van der Waals surface area contributed by atoms with Gasteiger partial charge in [-0.3, -0.25) is 9.69 Å². The van der Waals surface area contributed by atoms with Gasteiger partial charge in [-0.25, -0.2) is 4.79 Å². The number of hydrogen-bond donors (Lipinski definition) is 3. The van der Waals surface area contributed by atoms with Gasteiger partial charge in [-0.05, 0) is 44.4 Å². The molecule has 1 aliphatic heterocycles. The first-order valence-corrected chi connectivity index (χ1v) is 15.4. The van der Waals surface area contributed by atoms with Gasteiger partial charge in [0.2, 0.25) is 5.91 Å². The average Bonchev–Trinajstić information content (AvgIpc) is 3.39. The number of amides is 1. The van der Waals surface area contributed by atoms with Gasteiger partial charge in [-0.15, -0.1) is 0 Å². The van der Waals surface area contributed by atoms with Crippen LogP contribution in [0.15, 0.2) is 24.3 Å². The van der Waals surface area contributed by atoms with Gasteiger partial charge in [0.25, 0.3) is 0 Å². The summed E-state index contributed by atoms with van der Waals surface area (Å²) in [6, 6.07) is 6.89. The normalized spacial score (nSPS) is 48.2. The van der Waals surface area contributed by atoms with Gasteiger partial charge >= 0.3 is 5.97 Å². The lowest BCUT2D eigenvalue weighted by Crippen LogP contribution is -2.83. The minimum absolute atomic E-state index is 0.0432. The Morgan fingerprint density at radius 3 is 2.50 bits per heavy atom. The minimum atomic E-state index is -1.48. The van der Waals surface area contributed by atoms with E-state index in [9.17, 15) is 19.8 Å². The SMILES string of the molecule is CCN1C[C@]2(OC(=O)c3ccccc3NC(C)=O)CC[C@H](OC)[C@]34[C@@H]1[C@H](C[C@@H]23)[C@@]1(O)C[C@H](OC)[C@H]2C[C@@H]4[C@]1(O)[C@H]2OC. The Morgan fingerprint density at radius 1 is 1.07 bits per heavy atom. The highest BCUT2D eigenvalue weighted by Gasteiger charge is 2.89. The number of nitrogens with one attached hydrogen (secondary N) is 1. The van der Waals surface area contributed by atoms with Gasteiger partial charge in [0, 0.05) is 76.3 Å². The maximum absolute atomic E-state index is 14.0. The second kappa shape index (κ2) is 9.46. The number of benzene rings is 1. The molecule has 0 unspecified atom stereocenters. The zero-order chi connectivity index (χ0) is 29.8. The third-order valence-corrected chi connectivity index (χ3v) is 12.6. The smallest absolute Gasteiger partial charge is 0.340 e. The number of likely N-dealkylation sites (tertiary alicyclic amines) is 1. The van der Waals surface area contributed by atoms with Crippen molar-refractivity contribution in [1.82, 2.24) is 4.90 Å². The summed E-state index contributed by atoms with van der Waals surface area (Å²) >= 11 is 0. The Kier molecular flexibility index (Phi) is 6.46. The molecule has 0 radical (unpaired) electrons. The molecule has 1 aromatic carbocycles. The van der Waals surface area contributed by atoms with E-state index in [0.717, 1.165) is 0 Å². The van der Waals surface area contributed by atoms with Crippen LogP contribution in [0.25, 0.3) is 0 Å². The Labute approximate surface area is 247 Å². The standard InChI is InChI=1S/C32H44N2O8/c1-6-34-16-29(42-28(36)18-9-7-8-10-21(18)33-17(2)35)12-11-25(40-4)31-23(29)14-20(26(31)34)30(37)15-22(39-3)19-13-24(31)32(30,38)27(19)41-5/h7-10,19-20,22-27,37-38H,6,11-16H2,1-5H3,(H,33,35)/t19-,20+,22+,23+,24+,25+,26+,27+,29-,30+,31+,32+/m1/s1. The number of nitrogens with zero attached hydrogens (tertiary/aromatic N) is 1. The molecule has 42 heavy (non-hydrogen) atoms. The van der Waals surface area contributed by atoms with Crippen molar-refractivity contribution in [2.24, 2.45) is 29.1 Å². The molecule has 1 spiro atoms. The summed E-state index contributed by atoms with van der Waals surface area (Å²) in [5.41, 5.74) is -3.57. The number of anilines is 1. The molecule has 5 saturated carbocycles. The molecule has 1 amide bonds. The second-order valence-corrected chi connectivity index (χ2v) is 13.7. The summed E-state index contributed by atoms with van der Waals surface area (Å²) in [5.74, 6) is -1.54. The number of hydrogen-bond acceptors (Lipinski definition) is 9. The van der Waals surface area contributed by atoms with Crippen LogP contribution in [0.3, 0.4) is 0 Å². The summed E-state index contributed by atoms with van der Waals surface area (Å²) in [6.07, 6.45) is 1.91. The molecule has 230 valence electrons. The number of fused-ring (bicyclic) bond motifs is 2. The van der Waals surface area contributed by atoms with Crippen molar-refractivity contribution >= 4 is 17.6 Å². The van der Waals surface area contributed by atoms with Gasteiger partial charge in [-0.2, -0.15) is 0 Å². The molecule has 10 nitrogen and oxygen atoms in total. The van der Waals surface area contributed by atoms with Crippen LogP contribution >= 0.6 is 0 Å². The van der Waals surface area contributed by atoms with E-state index in [-0.39, 0.29) is 47.8 Å². The van der Waals surface area contributed by atoms with Crippen LogP contribution in [-0.2, 0) is 23.7 Å². The maximum atomic E-state index is 14.0. The molecule has 1 saturated heterocycles. The first-order valence-electron chi connectivity index (χ1n) is 15.4. The molecule has 0 aromatic heterocycles. The summed E-state index contributed by atoms with van der Waals surface area (Å²) in [5, 5.41) is 28.4. The Bertz CT molecular complexity index is 1290. The van der Waals surface area contributed by atoms with E-state index < -0.39 is 34.3 Å². The van der Waals surface area contributed by atoms with Crippen molar-refractivity contribution < 1.29 is 38.7 Å².